The number of sulfonamides is 1. The first-order valence-corrected chi connectivity index (χ1v) is 10.9. The first-order valence-electron chi connectivity index (χ1n) is 9.26. The number of esters is 1. The number of nitrogens with one attached hydrogen (secondary N) is 1. The quantitative estimate of drug-likeness (QED) is 0.195. The van der Waals surface area contributed by atoms with Crippen LogP contribution < -0.4 is 4.72 Å². The molecule has 1 heterocycles. The molecule has 0 aromatic carbocycles. The van der Waals surface area contributed by atoms with Crippen molar-refractivity contribution in [2.45, 2.75) is 61.5 Å². The lowest BCUT2D eigenvalue weighted by molar-refractivity contribution is -0.440. The Morgan fingerprint density at radius 1 is 0.861 bits per heavy atom. The molecule has 1 aliphatic heterocycles. The molecule has 0 bridgehead atoms. The Morgan fingerprint density at radius 3 is 1.75 bits per heavy atom. The van der Waals surface area contributed by atoms with Gasteiger partial charge in [0.15, 0.2) is 5.76 Å². The van der Waals surface area contributed by atoms with Gasteiger partial charge in [-0.25, -0.2) is 8.42 Å². The fourth-order valence-corrected chi connectivity index (χ4v) is 3.66. The fourth-order valence-electron chi connectivity index (χ4n) is 2.45. The molecule has 0 amide bonds. The van der Waals surface area contributed by atoms with Gasteiger partial charge in [0.05, 0.1) is 18.6 Å². The Hall–Kier alpha value is -2.15. The largest absolute Gasteiger partial charge is 0.484 e. The number of allylic oxidation sites excluding steroid dienone is 1. The highest BCUT2D eigenvalue weighted by atomic mass is 32.2. The highest BCUT2D eigenvalue weighted by Crippen LogP contribution is 2.60. The highest BCUT2D eigenvalue weighted by Gasteiger charge is 2.90. The van der Waals surface area contributed by atoms with Gasteiger partial charge in [-0.05, 0) is 12.8 Å². The lowest BCUT2D eigenvalue weighted by Crippen LogP contribution is -2.70. The molecule has 0 aliphatic carbocycles. The number of hydrogen-bond acceptors (Lipinski definition) is 5. The molecule has 1 rings (SSSR count). The average molecular weight is 581 g/mol. The van der Waals surface area contributed by atoms with E-state index in [1.807, 2.05) is 0 Å². The maximum atomic E-state index is 13.9. The zero-order chi connectivity index (χ0) is 28.6. The summed E-state index contributed by atoms with van der Waals surface area (Å²) in [6, 6.07) is 0. The second-order valence-corrected chi connectivity index (χ2v) is 9.13. The van der Waals surface area contributed by atoms with E-state index in [2.05, 4.69) is 9.47 Å². The van der Waals surface area contributed by atoms with Crippen molar-refractivity contribution in [3.63, 3.8) is 0 Å². The van der Waals surface area contributed by atoms with Crippen molar-refractivity contribution in [1.82, 2.24) is 4.72 Å². The van der Waals surface area contributed by atoms with Gasteiger partial charge < -0.3 is 9.47 Å². The molecule has 0 spiro atoms. The van der Waals surface area contributed by atoms with Gasteiger partial charge >= 0.3 is 41.8 Å². The molecule has 0 radical (unpaired) electrons. The van der Waals surface area contributed by atoms with Crippen LogP contribution in [0.5, 0.6) is 0 Å². The normalized spacial score (nSPS) is 17.4. The van der Waals surface area contributed by atoms with Gasteiger partial charge in [-0.2, -0.15) is 57.1 Å². The van der Waals surface area contributed by atoms with Gasteiger partial charge in [0.1, 0.15) is 6.61 Å². The maximum Gasteiger partial charge on any atom is 0.460 e. The van der Waals surface area contributed by atoms with Crippen LogP contribution in [0.1, 0.15) is 25.7 Å². The summed E-state index contributed by atoms with van der Waals surface area (Å²) >= 11 is 0. The number of carbonyl (C=O) groups excluding carboxylic acids is 1. The number of alkyl halides is 13. The lowest BCUT2D eigenvalue weighted by Gasteiger charge is -2.39. The Balaban J connectivity index is 3.10. The molecule has 1 saturated heterocycles. The third kappa shape index (κ3) is 6.21. The Bertz CT molecular complexity index is 954. The Morgan fingerprint density at radius 2 is 1.33 bits per heavy atom. The maximum absolute atomic E-state index is 13.9. The third-order valence-corrected chi connectivity index (χ3v) is 6.00. The predicted molar refractivity (Wildman–Crippen MR) is 91.2 cm³/mol. The first kappa shape index (κ1) is 31.9. The van der Waals surface area contributed by atoms with Gasteiger partial charge in [-0.3, -0.25) is 9.52 Å². The molecule has 1 fully saturated rings. The van der Waals surface area contributed by atoms with Crippen LogP contribution >= 0.6 is 0 Å². The van der Waals surface area contributed by atoms with E-state index in [1.54, 1.807) is 4.72 Å². The summed E-state index contributed by atoms with van der Waals surface area (Å²) in [6.45, 7) is -0.464. The fraction of sp³-hybridized carbons (Fsp3) is 0.812. The predicted octanol–water partition coefficient (Wildman–Crippen LogP) is 4.62. The molecule has 36 heavy (non-hydrogen) atoms. The number of epoxide rings is 1. The van der Waals surface area contributed by atoms with Crippen molar-refractivity contribution in [2.75, 3.05) is 19.5 Å². The van der Waals surface area contributed by atoms with Gasteiger partial charge in [0.25, 0.3) is 0 Å². The molecule has 1 N–H and O–H groups in total. The minimum atomic E-state index is -8.02. The van der Waals surface area contributed by atoms with Crippen LogP contribution in [0.2, 0.25) is 0 Å². The second-order valence-electron chi connectivity index (χ2n) is 7.29. The van der Waals surface area contributed by atoms with Crippen molar-refractivity contribution < 1.29 is 79.8 Å². The molecule has 212 valence electrons. The van der Waals surface area contributed by atoms with Crippen LogP contribution in [0.4, 0.5) is 57.1 Å². The number of halogens is 13. The zero-order valence-corrected chi connectivity index (χ0v) is 18.4. The van der Waals surface area contributed by atoms with Crippen molar-refractivity contribution in [2.24, 2.45) is 0 Å². The Kier molecular flexibility index (Phi) is 8.82. The van der Waals surface area contributed by atoms with Crippen LogP contribution in [-0.2, 0) is 24.3 Å². The van der Waals surface area contributed by atoms with Crippen molar-refractivity contribution in [1.29, 1.82) is 0 Å². The van der Waals surface area contributed by atoms with E-state index < -0.39 is 101 Å². The SMILES string of the molecule is COC(=O)CCCS(=O)(=O)N/C(CCC(F)(F)C(F)(F)C(F)(F)C(F)(F)C(F)(F)C(F)(F)F)=C1\CO1. The molecular formula is C16H16F13NO5S. The third-order valence-electron chi connectivity index (χ3n) is 4.61. The molecule has 1 aliphatic rings. The van der Waals surface area contributed by atoms with Gasteiger partial charge in [0.2, 0.25) is 10.0 Å². The van der Waals surface area contributed by atoms with Crippen LogP contribution in [0.25, 0.3) is 0 Å². The summed E-state index contributed by atoms with van der Waals surface area (Å²) in [6.07, 6.45) is -12.6. The van der Waals surface area contributed by atoms with E-state index in [0.717, 1.165) is 7.11 Å². The molecular weight excluding hydrogens is 565 g/mol. The standard InChI is InChI=1S/C16H16F13NO5S/c1-34-10(31)3-2-6-36(32,33)30-8(9-7-35-9)4-5-11(17,18)12(19,20)13(21,22)14(23,24)15(25,26)16(27,28)29/h30H,2-7H2,1H3/b9-8+. The lowest BCUT2D eigenvalue weighted by atomic mass is 9.91. The Labute approximate surface area is 193 Å². The molecule has 20 heteroatoms. The minimum Gasteiger partial charge on any atom is -0.484 e. The van der Waals surface area contributed by atoms with Crippen molar-refractivity contribution >= 4 is 16.0 Å². The van der Waals surface area contributed by atoms with Crippen LogP contribution in [-0.4, -0.2) is 69.6 Å². The van der Waals surface area contributed by atoms with Crippen LogP contribution in [0.3, 0.4) is 0 Å². The van der Waals surface area contributed by atoms with Crippen molar-refractivity contribution in [3.8, 4) is 0 Å². The van der Waals surface area contributed by atoms with Crippen LogP contribution in [0.15, 0.2) is 11.5 Å². The second kappa shape index (κ2) is 9.96. The van der Waals surface area contributed by atoms with E-state index in [0.29, 0.717) is 0 Å². The summed E-state index contributed by atoms with van der Waals surface area (Å²) in [4.78, 5) is 11.0. The summed E-state index contributed by atoms with van der Waals surface area (Å²) < 4.78 is 205. The summed E-state index contributed by atoms with van der Waals surface area (Å²) in [5, 5.41) is 0. The van der Waals surface area contributed by atoms with Gasteiger partial charge in [-0.1, -0.05) is 0 Å². The summed E-state index contributed by atoms with van der Waals surface area (Å²) in [5.41, 5.74) is -0.931. The topological polar surface area (TPSA) is 85.0 Å². The number of carbonyl (C=O) groups is 1. The van der Waals surface area contributed by atoms with E-state index in [1.165, 1.54) is 0 Å². The molecule has 0 aromatic heterocycles. The van der Waals surface area contributed by atoms with E-state index in [-0.39, 0.29) is 0 Å². The summed E-state index contributed by atoms with van der Waals surface area (Å²) in [5.74, 6) is -39.8. The number of rotatable bonds is 13. The van der Waals surface area contributed by atoms with E-state index in [9.17, 15) is 70.3 Å². The first-order chi connectivity index (χ1) is 15.9. The smallest absolute Gasteiger partial charge is 0.460 e. The molecule has 0 saturated carbocycles. The van der Waals surface area contributed by atoms with Gasteiger partial charge in [-0.15, -0.1) is 0 Å². The zero-order valence-electron chi connectivity index (χ0n) is 17.6. The number of methoxy groups -OCH3 is 1. The summed E-state index contributed by atoms with van der Waals surface area (Å²) in [7, 11) is -3.53. The van der Waals surface area contributed by atoms with E-state index in [4.69, 9.17) is 0 Å². The number of hydrogen-bond donors (Lipinski definition) is 1. The average Bonchev–Trinajstić information content (AvgIpc) is 3.54. The van der Waals surface area contributed by atoms with Crippen LogP contribution in [0, 0.1) is 0 Å². The molecule has 0 aromatic rings. The van der Waals surface area contributed by atoms with Crippen molar-refractivity contribution in [3.05, 3.63) is 11.5 Å². The molecule has 0 atom stereocenters. The van der Waals surface area contributed by atoms with E-state index >= 15 is 0 Å². The molecule has 0 unspecified atom stereocenters. The van der Waals surface area contributed by atoms with Gasteiger partial charge in [0, 0.05) is 12.8 Å². The molecule has 6 nitrogen and oxygen atoms in total. The highest BCUT2D eigenvalue weighted by molar-refractivity contribution is 7.89. The monoisotopic (exact) mass is 581 g/mol. The number of ether oxygens (including phenoxy) is 2. The minimum absolute atomic E-state index is 0.394.